The number of nitrogens with one attached hydrogen (secondary N) is 1. The molecule has 0 spiro atoms. The van der Waals surface area contributed by atoms with Crippen molar-refractivity contribution in [3.05, 3.63) is 99.0 Å². The lowest BCUT2D eigenvalue weighted by atomic mass is 10.1. The fourth-order valence-electron chi connectivity index (χ4n) is 3.15. The molecule has 0 bridgehead atoms. The highest BCUT2D eigenvalue weighted by Gasteiger charge is 2.30. The quantitative estimate of drug-likeness (QED) is 0.413. The van der Waals surface area contributed by atoms with Crippen LogP contribution in [-0.4, -0.2) is 20.6 Å². The highest BCUT2D eigenvalue weighted by Crippen LogP contribution is 2.30. The summed E-state index contributed by atoms with van der Waals surface area (Å²) < 4.78 is 64.3. The number of benzene rings is 3. The fraction of sp³-hybridized carbons (Fsp3) is 0.174. The Labute approximate surface area is 205 Å². The molecule has 0 heterocycles. The van der Waals surface area contributed by atoms with Crippen LogP contribution in [0.4, 0.5) is 18.9 Å². The van der Waals surface area contributed by atoms with Gasteiger partial charge in [0.1, 0.15) is 0 Å². The lowest BCUT2D eigenvalue weighted by Gasteiger charge is -2.23. The van der Waals surface area contributed by atoms with Crippen molar-refractivity contribution in [3.63, 3.8) is 0 Å². The second kappa shape index (κ2) is 10.2. The van der Waals surface area contributed by atoms with Crippen LogP contribution in [0.25, 0.3) is 0 Å². The molecule has 5 nitrogen and oxygen atoms in total. The molecule has 0 saturated heterocycles. The van der Waals surface area contributed by atoms with Gasteiger partial charge in [-0.15, -0.1) is 0 Å². The summed E-state index contributed by atoms with van der Waals surface area (Å²) in [5, 5.41) is 3.14. The highest BCUT2D eigenvalue weighted by atomic mass is 35.5. The fourth-order valence-corrected chi connectivity index (χ4v) is 4.54. The molecule has 0 radical (unpaired) electrons. The predicted molar refractivity (Wildman–Crippen MR) is 127 cm³/mol. The van der Waals surface area contributed by atoms with Gasteiger partial charge in [0.15, 0.2) is 0 Å². The summed E-state index contributed by atoms with van der Waals surface area (Å²) in [6, 6.07) is 15.3. The summed E-state index contributed by atoms with van der Waals surface area (Å²) in [7, 11) is -3.67. The van der Waals surface area contributed by atoms with E-state index in [1.165, 1.54) is 42.5 Å². The second-order valence-corrected chi connectivity index (χ2v) is 10.3. The number of nitrogens with zero attached hydrogens (tertiary/aromatic N) is 1. The normalized spacial score (nSPS) is 11.8. The maximum Gasteiger partial charge on any atom is 0.416 e. The van der Waals surface area contributed by atoms with Crippen LogP contribution in [0.1, 0.15) is 27.0 Å². The summed E-state index contributed by atoms with van der Waals surface area (Å²) in [5.41, 5.74) is 0.676. The van der Waals surface area contributed by atoms with Crippen LogP contribution in [0.15, 0.2) is 66.7 Å². The van der Waals surface area contributed by atoms with E-state index in [0.29, 0.717) is 16.8 Å². The molecule has 0 aromatic heterocycles. The van der Waals surface area contributed by atoms with Crippen molar-refractivity contribution in [1.82, 2.24) is 5.32 Å². The topological polar surface area (TPSA) is 66.5 Å². The van der Waals surface area contributed by atoms with Gasteiger partial charge in [0.05, 0.1) is 24.1 Å². The van der Waals surface area contributed by atoms with Crippen LogP contribution in [0.2, 0.25) is 10.0 Å². The number of sulfonamides is 1. The SMILES string of the molecule is CS(=O)(=O)N(Cc1ccc(C(=O)NCc2cccc(C(F)(F)F)c2)cc1)c1cc(Cl)cc(Cl)c1. The van der Waals surface area contributed by atoms with Crippen molar-refractivity contribution in [3.8, 4) is 0 Å². The molecular weight excluding hydrogens is 512 g/mol. The van der Waals surface area contributed by atoms with Gasteiger partial charge in [0.25, 0.3) is 5.91 Å². The van der Waals surface area contributed by atoms with E-state index in [-0.39, 0.29) is 28.7 Å². The molecular formula is C23H19Cl2F3N2O3S. The largest absolute Gasteiger partial charge is 0.416 e. The Balaban J connectivity index is 1.70. The van der Waals surface area contributed by atoms with Crippen molar-refractivity contribution >= 4 is 44.8 Å². The zero-order valence-corrected chi connectivity index (χ0v) is 20.1. The minimum Gasteiger partial charge on any atom is -0.348 e. The molecule has 1 N–H and O–H groups in total. The minimum absolute atomic E-state index is 0.0262. The summed E-state index contributed by atoms with van der Waals surface area (Å²) in [6.45, 7) is -0.108. The third-order valence-electron chi connectivity index (χ3n) is 4.79. The summed E-state index contributed by atoms with van der Waals surface area (Å²) in [6.07, 6.45) is -3.41. The van der Waals surface area contributed by atoms with Crippen molar-refractivity contribution in [1.29, 1.82) is 0 Å². The standard InChI is InChI=1S/C23H19Cl2F3N2O3S/c1-34(32,33)30(21-11-19(24)10-20(25)12-21)14-15-5-7-17(8-6-15)22(31)29-13-16-3-2-4-18(9-16)23(26,27)28/h2-12H,13-14H2,1H3,(H,29,31). The number of halogens is 5. The minimum atomic E-state index is -4.47. The lowest BCUT2D eigenvalue weighted by molar-refractivity contribution is -0.137. The maximum atomic E-state index is 12.8. The Hall–Kier alpha value is -2.75. The molecule has 1 amide bonds. The average molecular weight is 531 g/mol. The van der Waals surface area contributed by atoms with E-state index in [1.807, 2.05) is 0 Å². The molecule has 11 heteroatoms. The van der Waals surface area contributed by atoms with E-state index >= 15 is 0 Å². The number of rotatable bonds is 7. The van der Waals surface area contributed by atoms with Crippen molar-refractivity contribution < 1.29 is 26.4 Å². The summed E-state index contributed by atoms with van der Waals surface area (Å²) in [5.74, 6) is -0.481. The van der Waals surface area contributed by atoms with Gasteiger partial charge in [0.2, 0.25) is 10.0 Å². The van der Waals surface area contributed by atoms with Gasteiger partial charge >= 0.3 is 6.18 Å². The molecule has 3 aromatic carbocycles. The lowest BCUT2D eigenvalue weighted by Crippen LogP contribution is -2.29. The number of hydrogen-bond acceptors (Lipinski definition) is 3. The van der Waals surface area contributed by atoms with Crippen LogP contribution in [0.3, 0.4) is 0 Å². The number of hydrogen-bond donors (Lipinski definition) is 1. The number of amides is 1. The van der Waals surface area contributed by atoms with E-state index in [4.69, 9.17) is 23.2 Å². The Morgan fingerprint density at radius 2 is 1.56 bits per heavy atom. The molecule has 0 aliphatic heterocycles. The van der Waals surface area contributed by atoms with Crippen LogP contribution in [-0.2, 0) is 29.3 Å². The van der Waals surface area contributed by atoms with Crippen LogP contribution in [0.5, 0.6) is 0 Å². The van der Waals surface area contributed by atoms with E-state index in [9.17, 15) is 26.4 Å². The van der Waals surface area contributed by atoms with E-state index in [2.05, 4.69) is 5.32 Å². The van der Waals surface area contributed by atoms with Crippen molar-refractivity contribution in [2.45, 2.75) is 19.3 Å². The zero-order valence-electron chi connectivity index (χ0n) is 17.7. The Bertz CT molecular complexity index is 1280. The summed E-state index contributed by atoms with van der Waals surface area (Å²) >= 11 is 12.0. The molecule has 0 unspecified atom stereocenters. The van der Waals surface area contributed by atoms with Crippen LogP contribution < -0.4 is 9.62 Å². The van der Waals surface area contributed by atoms with Gasteiger partial charge in [-0.25, -0.2) is 8.42 Å². The number of carbonyl (C=O) groups excluding carboxylic acids is 1. The van der Waals surface area contributed by atoms with E-state index < -0.39 is 27.7 Å². The average Bonchev–Trinajstić information content (AvgIpc) is 2.74. The van der Waals surface area contributed by atoms with Gasteiger partial charge in [-0.2, -0.15) is 13.2 Å². The highest BCUT2D eigenvalue weighted by molar-refractivity contribution is 7.92. The van der Waals surface area contributed by atoms with Crippen LogP contribution >= 0.6 is 23.2 Å². The second-order valence-electron chi connectivity index (χ2n) is 7.48. The molecule has 0 fully saturated rings. The Morgan fingerprint density at radius 1 is 0.941 bits per heavy atom. The molecule has 3 aromatic rings. The molecule has 0 aliphatic rings. The van der Waals surface area contributed by atoms with Gasteiger partial charge in [-0.1, -0.05) is 47.5 Å². The van der Waals surface area contributed by atoms with Crippen molar-refractivity contribution in [2.24, 2.45) is 0 Å². The predicted octanol–water partition coefficient (Wildman–Crippen LogP) is 5.91. The van der Waals surface area contributed by atoms with Gasteiger partial charge < -0.3 is 5.32 Å². The number of alkyl halides is 3. The van der Waals surface area contributed by atoms with Gasteiger partial charge in [0, 0.05) is 22.2 Å². The molecule has 180 valence electrons. The monoisotopic (exact) mass is 530 g/mol. The Morgan fingerprint density at radius 3 is 2.12 bits per heavy atom. The maximum absolute atomic E-state index is 12.8. The Kier molecular flexibility index (Phi) is 7.80. The molecule has 0 atom stereocenters. The molecule has 34 heavy (non-hydrogen) atoms. The first-order valence-electron chi connectivity index (χ1n) is 9.80. The number of anilines is 1. The van der Waals surface area contributed by atoms with E-state index in [0.717, 1.165) is 22.7 Å². The van der Waals surface area contributed by atoms with Crippen molar-refractivity contribution in [2.75, 3.05) is 10.6 Å². The first-order valence-corrected chi connectivity index (χ1v) is 12.4. The first-order chi connectivity index (χ1) is 15.8. The van der Waals surface area contributed by atoms with E-state index in [1.54, 1.807) is 12.1 Å². The van der Waals surface area contributed by atoms with Gasteiger partial charge in [-0.3, -0.25) is 9.10 Å². The summed E-state index contributed by atoms with van der Waals surface area (Å²) in [4.78, 5) is 12.4. The zero-order chi connectivity index (χ0) is 25.1. The third-order valence-corrected chi connectivity index (χ3v) is 6.36. The third kappa shape index (κ3) is 6.88. The van der Waals surface area contributed by atoms with Gasteiger partial charge in [-0.05, 0) is 53.6 Å². The smallest absolute Gasteiger partial charge is 0.348 e. The molecule has 0 aliphatic carbocycles. The molecule has 0 saturated carbocycles. The first kappa shape index (κ1) is 25.9. The molecule has 3 rings (SSSR count). The number of carbonyl (C=O) groups is 1. The van der Waals surface area contributed by atoms with Crippen LogP contribution in [0, 0.1) is 0 Å².